The highest BCUT2D eigenvalue weighted by molar-refractivity contribution is 6.00. The average Bonchev–Trinajstić information content (AvgIpc) is 2.36. The van der Waals surface area contributed by atoms with E-state index in [2.05, 4.69) is 0 Å². The predicted octanol–water partition coefficient (Wildman–Crippen LogP) is 1.15. The normalized spacial score (nSPS) is 10.4. The van der Waals surface area contributed by atoms with Gasteiger partial charge in [-0.25, -0.2) is 4.79 Å². The number of hydrogen-bond acceptors (Lipinski definition) is 5. The molecule has 0 saturated carbocycles. The van der Waals surface area contributed by atoms with Gasteiger partial charge in [0.15, 0.2) is 0 Å². The zero-order valence-electron chi connectivity index (χ0n) is 12.1. The second kappa shape index (κ2) is 6.79. The van der Waals surface area contributed by atoms with Crippen LogP contribution in [0, 0.1) is 0 Å². The monoisotopic (exact) mass is 279 g/mol. The molecule has 0 aliphatic heterocycles. The van der Waals surface area contributed by atoms with Crippen LogP contribution in [0.5, 0.6) is 0 Å². The molecule has 0 saturated heterocycles. The van der Waals surface area contributed by atoms with Crippen molar-refractivity contribution in [3.05, 3.63) is 23.8 Å². The summed E-state index contributed by atoms with van der Waals surface area (Å²) in [6.07, 6.45) is 0. The third kappa shape index (κ3) is 3.63. The van der Waals surface area contributed by atoms with Crippen molar-refractivity contribution in [3.63, 3.8) is 0 Å². The van der Waals surface area contributed by atoms with Gasteiger partial charge in [0.2, 0.25) is 5.91 Å². The van der Waals surface area contributed by atoms with Gasteiger partial charge in [-0.3, -0.25) is 4.79 Å². The Morgan fingerprint density at radius 3 is 2.50 bits per heavy atom. The first kappa shape index (κ1) is 15.8. The first-order valence-electron chi connectivity index (χ1n) is 6.49. The third-order valence-electron chi connectivity index (χ3n) is 2.80. The lowest BCUT2D eigenvalue weighted by Crippen LogP contribution is -2.40. The Morgan fingerprint density at radius 2 is 2.00 bits per heavy atom. The summed E-state index contributed by atoms with van der Waals surface area (Å²) in [6.45, 7) is 5.77. The number of esters is 1. The van der Waals surface area contributed by atoms with E-state index in [1.165, 1.54) is 0 Å². The molecule has 0 heterocycles. The zero-order chi connectivity index (χ0) is 15.3. The van der Waals surface area contributed by atoms with Crippen LogP contribution in [0.3, 0.4) is 0 Å². The number of para-hydroxylation sites is 1. The molecule has 1 rings (SSSR count). The number of amides is 1. The topological polar surface area (TPSA) is 98.7 Å². The molecule has 0 aliphatic rings. The number of hydrogen-bond donors (Lipinski definition) is 2. The van der Waals surface area contributed by atoms with Crippen LogP contribution < -0.4 is 16.4 Å². The molecule has 20 heavy (non-hydrogen) atoms. The van der Waals surface area contributed by atoms with Gasteiger partial charge in [0.1, 0.15) is 0 Å². The van der Waals surface area contributed by atoms with Gasteiger partial charge in [-0.05, 0) is 32.9 Å². The van der Waals surface area contributed by atoms with E-state index in [9.17, 15) is 9.59 Å². The maximum atomic E-state index is 12.0. The van der Waals surface area contributed by atoms with Crippen LogP contribution in [-0.4, -0.2) is 31.1 Å². The molecule has 110 valence electrons. The van der Waals surface area contributed by atoms with Gasteiger partial charge in [0, 0.05) is 6.04 Å². The largest absolute Gasteiger partial charge is 0.462 e. The fourth-order valence-corrected chi connectivity index (χ4v) is 1.94. The number of nitrogen functional groups attached to an aromatic ring is 1. The summed E-state index contributed by atoms with van der Waals surface area (Å²) in [7, 11) is 0. The first-order chi connectivity index (χ1) is 9.38. The molecule has 0 spiro atoms. The van der Waals surface area contributed by atoms with Crippen LogP contribution in [0.25, 0.3) is 0 Å². The Bertz CT molecular complexity index is 500. The predicted molar refractivity (Wildman–Crippen MR) is 78.5 cm³/mol. The highest BCUT2D eigenvalue weighted by Gasteiger charge is 2.23. The van der Waals surface area contributed by atoms with Crippen LogP contribution in [0.15, 0.2) is 18.2 Å². The van der Waals surface area contributed by atoms with Gasteiger partial charge in [0.25, 0.3) is 0 Å². The standard InChI is InChI=1S/C14H21N3O3/c1-4-20-14(19)10-6-5-7-11(15)13(10)17(9(2)3)8-12(16)18/h5-7,9H,4,8,15H2,1-3H3,(H2,16,18). The number of nitrogens with zero attached hydrogens (tertiary/aromatic N) is 1. The Labute approximate surface area is 118 Å². The van der Waals surface area contributed by atoms with Crippen molar-refractivity contribution >= 4 is 23.3 Å². The quantitative estimate of drug-likeness (QED) is 0.601. The van der Waals surface area contributed by atoms with E-state index in [4.69, 9.17) is 16.2 Å². The van der Waals surface area contributed by atoms with Gasteiger partial charge in [0.05, 0.1) is 30.1 Å². The Morgan fingerprint density at radius 1 is 1.35 bits per heavy atom. The van der Waals surface area contributed by atoms with E-state index >= 15 is 0 Å². The van der Waals surface area contributed by atoms with E-state index < -0.39 is 11.9 Å². The SMILES string of the molecule is CCOC(=O)c1cccc(N)c1N(CC(N)=O)C(C)C. The van der Waals surface area contributed by atoms with Crippen molar-refractivity contribution < 1.29 is 14.3 Å². The van der Waals surface area contributed by atoms with Gasteiger partial charge in [-0.2, -0.15) is 0 Å². The van der Waals surface area contributed by atoms with Crippen LogP contribution in [-0.2, 0) is 9.53 Å². The summed E-state index contributed by atoms with van der Waals surface area (Å²) in [6, 6.07) is 4.93. The van der Waals surface area contributed by atoms with Crippen LogP contribution >= 0.6 is 0 Å². The average molecular weight is 279 g/mol. The zero-order valence-corrected chi connectivity index (χ0v) is 12.1. The first-order valence-corrected chi connectivity index (χ1v) is 6.49. The maximum absolute atomic E-state index is 12.0. The van der Waals surface area contributed by atoms with Crippen LogP contribution in [0.4, 0.5) is 11.4 Å². The Balaban J connectivity index is 3.31. The number of carbonyl (C=O) groups excluding carboxylic acids is 2. The number of anilines is 2. The summed E-state index contributed by atoms with van der Waals surface area (Å²) in [4.78, 5) is 24.9. The molecule has 1 amide bonds. The van der Waals surface area contributed by atoms with E-state index in [1.54, 1.807) is 30.0 Å². The van der Waals surface area contributed by atoms with Gasteiger partial charge in [-0.15, -0.1) is 0 Å². The molecule has 0 bridgehead atoms. The van der Waals surface area contributed by atoms with Crippen molar-refractivity contribution in [1.29, 1.82) is 0 Å². The maximum Gasteiger partial charge on any atom is 0.340 e. The molecule has 0 aliphatic carbocycles. The van der Waals surface area contributed by atoms with Crippen LogP contribution in [0.2, 0.25) is 0 Å². The van der Waals surface area contributed by atoms with Crippen molar-refractivity contribution in [2.45, 2.75) is 26.8 Å². The van der Waals surface area contributed by atoms with Crippen molar-refractivity contribution in [3.8, 4) is 0 Å². The molecule has 0 atom stereocenters. The van der Waals surface area contributed by atoms with Crippen molar-refractivity contribution in [1.82, 2.24) is 0 Å². The third-order valence-corrected chi connectivity index (χ3v) is 2.80. The van der Waals surface area contributed by atoms with Crippen molar-refractivity contribution in [2.75, 3.05) is 23.8 Å². The molecule has 6 heteroatoms. The van der Waals surface area contributed by atoms with Crippen molar-refractivity contribution in [2.24, 2.45) is 5.73 Å². The second-order valence-electron chi connectivity index (χ2n) is 4.65. The van der Waals surface area contributed by atoms with Gasteiger partial charge >= 0.3 is 5.97 Å². The van der Waals surface area contributed by atoms with Crippen LogP contribution in [0.1, 0.15) is 31.1 Å². The highest BCUT2D eigenvalue weighted by atomic mass is 16.5. The number of benzene rings is 1. The van der Waals surface area contributed by atoms with E-state index in [0.29, 0.717) is 16.9 Å². The number of primary amides is 1. The molecule has 0 aromatic heterocycles. The molecular weight excluding hydrogens is 258 g/mol. The highest BCUT2D eigenvalue weighted by Crippen LogP contribution is 2.30. The number of rotatable bonds is 6. The summed E-state index contributed by atoms with van der Waals surface area (Å²) in [5.41, 5.74) is 12.5. The lowest BCUT2D eigenvalue weighted by Gasteiger charge is -2.30. The summed E-state index contributed by atoms with van der Waals surface area (Å²) in [5.74, 6) is -0.957. The fraction of sp³-hybridized carbons (Fsp3) is 0.429. The summed E-state index contributed by atoms with van der Waals surface area (Å²) >= 11 is 0. The summed E-state index contributed by atoms with van der Waals surface area (Å²) < 4.78 is 5.02. The minimum Gasteiger partial charge on any atom is -0.462 e. The molecule has 6 nitrogen and oxygen atoms in total. The molecule has 0 unspecified atom stereocenters. The number of ether oxygens (including phenoxy) is 1. The smallest absolute Gasteiger partial charge is 0.340 e. The minimum absolute atomic E-state index is 0.0156. The lowest BCUT2D eigenvalue weighted by molar-refractivity contribution is -0.116. The molecule has 0 fully saturated rings. The van der Waals surface area contributed by atoms with E-state index in [1.807, 2.05) is 13.8 Å². The molecular formula is C14H21N3O3. The number of nitrogens with two attached hydrogens (primary N) is 2. The second-order valence-corrected chi connectivity index (χ2v) is 4.65. The van der Waals surface area contributed by atoms with Gasteiger partial charge < -0.3 is 21.1 Å². The Hall–Kier alpha value is -2.24. The Kier molecular flexibility index (Phi) is 5.37. The van der Waals surface area contributed by atoms with Gasteiger partial charge in [-0.1, -0.05) is 6.07 Å². The fourth-order valence-electron chi connectivity index (χ4n) is 1.94. The minimum atomic E-state index is -0.489. The molecule has 4 N–H and O–H groups in total. The summed E-state index contributed by atoms with van der Waals surface area (Å²) in [5, 5.41) is 0. The molecule has 1 aromatic carbocycles. The van der Waals surface area contributed by atoms with E-state index in [0.717, 1.165) is 0 Å². The molecule has 1 aromatic rings. The van der Waals surface area contributed by atoms with E-state index in [-0.39, 0.29) is 19.2 Å². The number of carbonyl (C=O) groups is 2. The molecule has 0 radical (unpaired) electrons. The lowest BCUT2D eigenvalue weighted by atomic mass is 10.1.